The maximum Gasteiger partial charge on any atom is 0.271 e. The molecule has 0 saturated heterocycles. The van der Waals surface area contributed by atoms with Gasteiger partial charge in [0.15, 0.2) is 11.0 Å². The highest BCUT2D eigenvalue weighted by Gasteiger charge is 2.17. The van der Waals surface area contributed by atoms with Crippen molar-refractivity contribution in [3.8, 4) is 11.4 Å². The molecule has 1 amide bonds. The van der Waals surface area contributed by atoms with E-state index in [2.05, 4.69) is 15.5 Å². The molecule has 0 aliphatic rings. The smallest absolute Gasteiger partial charge is 0.271 e. The number of thioether (sulfide) groups is 1. The first-order chi connectivity index (χ1) is 16.9. The normalized spacial score (nSPS) is 10.7. The van der Waals surface area contributed by atoms with Gasteiger partial charge in [0.2, 0.25) is 5.91 Å². The van der Waals surface area contributed by atoms with Crippen LogP contribution in [0.15, 0.2) is 78.0 Å². The van der Waals surface area contributed by atoms with Crippen molar-refractivity contribution in [3.63, 3.8) is 0 Å². The summed E-state index contributed by atoms with van der Waals surface area (Å²) in [6, 6.07) is 21.7. The van der Waals surface area contributed by atoms with Gasteiger partial charge in [0.05, 0.1) is 16.4 Å². The number of nitro groups is 1. The summed E-state index contributed by atoms with van der Waals surface area (Å²) in [4.78, 5) is 23.2. The van der Waals surface area contributed by atoms with Crippen molar-refractivity contribution >= 4 is 29.0 Å². The average molecular weight is 490 g/mol. The molecule has 0 unspecified atom stereocenters. The number of non-ortho nitro benzene ring substituents is 1. The number of nitro benzene ring substituents is 1. The predicted octanol–water partition coefficient (Wildman–Crippen LogP) is 5.10. The molecule has 3 aromatic carbocycles. The Labute approximate surface area is 206 Å². The minimum Gasteiger partial charge on any atom is -0.486 e. The van der Waals surface area contributed by atoms with E-state index in [-0.39, 0.29) is 24.0 Å². The van der Waals surface area contributed by atoms with Gasteiger partial charge in [-0.15, -0.1) is 10.2 Å². The zero-order valence-corrected chi connectivity index (χ0v) is 20.0. The molecule has 0 saturated carbocycles. The summed E-state index contributed by atoms with van der Waals surface area (Å²) in [6.07, 6.45) is 0. The van der Waals surface area contributed by atoms with Crippen LogP contribution in [0.2, 0.25) is 0 Å². The van der Waals surface area contributed by atoms with Crippen molar-refractivity contribution in [2.45, 2.75) is 25.6 Å². The number of nitrogens with one attached hydrogen (secondary N) is 1. The number of nitrogens with zero attached hydrogens (tertiary/aromatic N) is 4. The van der Waals surface area contributed by atoms with Crippen LogP contribution in [0, 0.1) is 24.0 Å². The van der Waals surface area contributed by atoms with E-state index in [0.29, 0.717) is 16.7 Å². The average Bonchev–Trinajstić information content (AvgIpc) is 3.27. The molecule has 4 aromatic rings. The van der Waals surface area contributed by atoms with Gasteiger partial charge in [-0.25, -0.2) is 0 Å². The minimum atomic E-state index is -0.494. The summed E-state index contributed by atoms with van der Waals surface area (Å²) in [7, 11) is 0. The van der Waals surface area contributed by atoms with E-state index in [9.17, 15) is 14.9 Å². The number of amides is 1. The molecular weight excluding hydrogens is 466 g/mol. The van der Waals surface area contributed by atoms with Gasteiger partial charge in [0, 0.05) is 17.8 Å². The molecule has 9 nitrogen and oxygen atoms in total. The third-order valence-electron chi connectivity index (χ3n) is 5.14. The Hall–Kier alpha value is -4.18. The molecule has 0 aliphatic carbocycles. The molecule has 1 N–H and O–H groups in total. The molecule has 4 rings (SSSR count). The number of ether oxygens (including phenoxy) is 1. The molecule has 1 aromatic heterocycles. The molecule has 178 valence electrons. The molecule has 0 fully saturated rings. The number of benzene rings is 3. The summed E-state index contributed by atoms with van der Waals surface area (Å²) < 4.78 is 7.76. The van der Waals surface area contributed by atoms with E-state index in [4.69, 9.17) is 4.74 Å². The maximum absolute atomic E-state index is 12.6. The van der Waals surface area contributed by atoms with E-state index >= 15 is 0 Å². The number of rotatable bonds is 9. The van der Waals surface area contributed by atoms with Crippen LogP contribution in [0.1, 0.15) is 17.0 Å². The second-order valence-corrected chi connectivity index (χ2v) is 8.71. The quantitative estimate of drug-likeness (QED) is 0.198. The van der Waals surface area contributed by atoms with Crippen LogP contribution in [-0.4, -0.2) is 31.3 Å². The highest BCUT2D eigenvalue weighted by molar-refractivity contribution is 7.99. The molecule has 10 heteroatoms. The van der Waals surface area contributed by atoms with E-state index < -0.39 is 4.92 Å². The molecule has 0 spiro atoms. The van der Waals surface area contributed by atoms with E-state index in [0.717, 1.165) is 22.6 Å². The maximum atomic E-state index is 12.6. The lowest BCUT2D eigenvalue weighted by Crippen LogP contribution is -2.15. The summed E-state index contributed by atoms with van der Waals surface area (Å²) in [6.45, 7) is 3.99. The summed E-state index contributed by atoms with van der Waals surface area (Å²) in [5.41, 5.74) is 3.04. The number of aromatic nitrogens is 3. The largest absolute Gasteiger partial charge is 0.486 e. The lowest BCUT2D eigenvalue weighted by Gasteiger charge is -2.12. The number of anilines is 1. The molecule has 0 radical (unpaired) electrons. The second-order valence-electron chi connectivity index (χ2n) is 7.76. The standard InChI is InChI=1S/C25H23N5O4S/c1-17-8-12-21(13-9-17)34-15-23-27-28-25(29(23)19-6-4-3-5-7-19)35-16-24(31)26-22-14-20(30(32)33)11-10-18(22)2/h3-14H,15-16H2,1-2H3,(H,26,31). The molecular formula is C25H23N5O4S. The van der Waals surface area contributed by atoms with Crippen molar-refractivity contribution < 1.29 is 14.5 Å². The summed E-state index contributed by atoms with van der Waals surface area (Å²) >= 11 is 1.22. The fourth-order valence-corrected chi connectivity index (χ4v) is 4.05. The van der Waals surface area contributed by atoms with Crippen LogP contribution in [0.3, 0.4) is 0 Å². The van der Waals surface area contributed by atoms with Crippen molar-refractivity contribution in [3.05, 3.63) is 99.9 Å². The van der Waals surface area contributed by atoms with Crippen LogP contribution in [-0.2, 0) is 11.4 Å². The van der Waals surface area contributed by atoms with Crippen molar-refractivity contribution in [1.82, 2.24) is 14.8 Å². The van der Waals surface area contributed by atoms with Crippen LogP contribution >= 0.6 is 11.8 Å². The zero-order valence-electron chi connectivity index (χ0n) is 19.2. The number of para-hydroxylation sites is 1. The Morgan fingerprint density at radius 2 is 1.80 bits per heavy atom. The van der Waals surface area contributed by atoms with Gasteiger partial charge in [-0.1, -0.05) is 53.7 Å². The van der Waals surface area contributed by atoms with Gasteiger partial charge >= 0.3 is 0 Å². The fourth-order valence-electron chi connectivity index (χ4n) is 3.28. The zero-order chi connectivity index (χ0) is 24.8. The lowest BCUT2D eigenvalue weighted by atomic mass is 10.2. The highest BCUT2D eigenvalue weighted by atomic mass is 32.2. The minimum absolute atomic E-state index is 0.0475. The van der Waals surface area contributed by atoms with E-state index in [1.54, 1.807) is 13.0 Å². The Kier molecular flexibility index (Phi) is 7.41. The molecule has 1 heterocycles. The van der Waals surface area contributed by atoms with Crippen molar-refractivity contribution in [1.29, 1.82) is 0 Å². The van der Waals surface area contributed by atoms with E-state index in [1.807, 2.05) is 66.1 Å². The van der Waals surface area contributed by atoms with E-state index in [1.165, 1.54) is 23.9 Å². The van der Waals surface area contributed by atoms with Gasteiger partial charge < -0.3 is 10.1 Å². The first kappa shape index (κ1) is 24.0. The van der Waals surface area contributed by atoms with Gasteiger partial charge in [0.25, 0.3) is 5.69 Å². The second kappa shape index (κ2) is 10.8. The van der Waals surface area contributed by atoms with Crippen LogP contribution in [0.4, 0.5) is 11.4 Å². The molecule has 0 atom stereocenters. The van der Waals surface area contributed by atoms with Gasteiger partial charge in [0.1, 0.15) is 12.4 Å². The first-order valence-electron chi connectivity index (χ1n) is 10.8. The predicted molar refractivity (Wildman–Crippen MR) is 134 cm³/mol. The Balaban J connectivity index is 1.49. The number of hydrogen-bond donors (Lipinski definition) is 1. The molecule has 35 heavy (non-hydrogen) atoms. The number of carbonyl (C=O) groups excluding carboxylic acids is 1. The Morgan fingerprint density at radius 3 is 2.51 bits per heavy atom. The van der Waals surface area contributed by atoms with Gasteiger partial charge in [-0.05, 0) is 43.7 Å². The lowest BCUT2D eigenvalue weighted by molar-refractivity contribution is -0.384. The molecule has 0 bridgehead atoms. The molecule has 0 aliphatic heterocycles. The SMILES string of the molecule is Cc1ccc(OCc2nnc(SCC(=O)Nc3cc([N+](=O)[O-])ccc3C)n2-c2ccccc2)cc1. The summed E-state index contributed by atoms with van der Waals surface area (Å²) in [5.74, 6) is 1.05. The Morgan fingerprint density at radius 1 is 1.06 bits per heavy atom. The van der Waals surface area contributed by atoms with Crippen LogP contribution < -0.4 is 10.1 Å². The highest BCUT2D eigenvalue weighted by Crippen LogP contribution is 2.25. The van der Waals surface area contributed by atoms with Crippen LogP contribution in [0.25, 0.3) is 5.69 Å². The number of aryl methyl sites for hydroxylation is 2. The third kappa shape index (κ3) is 6.04. The van der Waals surface area contributed by atoms with Crippen molar-refractivity contribution in [2.24, 2.45) is 0 Å². The monoisotopic (exact) mass is 489 g/mol. The van der Waals surface area contributed by atoms with Crippen LogP contribution in [0.5, 0.6) is 5.75 Å². The third-order valence-corrected chi connectivity index (χ3v) is 6.07. The number of hydrogen-bond acceptors (Lipinski definition) is 7. The summed E-state index contributed by atoms with van der Waals surface area (Å²) in [5, 5.41) is 22.9. The van der Waals surface area contributed by atoms with Gasteiger partial charge in [-0.3, -0.25) is 19.5 Å². The fraction of sp³-hybridized carbons (Fsp3) is 0.160. The topological polar surface area (TPSA) is 112 Å². The number of carbonyl (C=O) groups is 1. The van der Waals surface area contributed by atoms with Gasteiger partial charge in [-0.2, -0.15) is 0 Å². The Bertz CT molecular complexity index is 1340. The van der Waals surface area contributed by atoms with Crippen molar-refractivity contribution in [2.75, 3.05) is 11.1 Å². The first-order valence-corrected chi connectivity index (χ1v) is 11.8.